The predicted molar refractivity (Wildman–Crippen MR) is 67.0 cm³/mol. The van der Waals surface area contributed by atoms with E-state index in [1.165, 1.54) is 16.0 Å². The van der Waals surface area contributed by atoms with Gasteiger partial charge in [0.05, 0.1) is 0 Å². The lowest BCUT2D eigenvalue weighted by molar-refractivity contribution is 1.01. The highest BCUT2D eigenvalue weighted by Crippen LogP contribution is 2.38. The van der Waals surface area contributed by atoms with Crippen molar-refractivity contribution in [3.8, 4) is 0 Å². The zero-order chi connectivity index (χ0) is 10.1. The highest BCUT2D eigenvalue weighted by molar-refractivity contribution is 8.00. The quantitative estimate of drug-likeness (QED) is 0.625. The molecule has 15 heavy (non-hydrogen) atoms. The Kier molecular flexibility index (Phi) is 2.26. The van der Waals surface area contributed by atoms with Crippen molar-refractivity contribution in [1.82, 2.24) is 0 Å². The molecule has 0 bridgehead atoms. The van der Waals surface area contributed by atoms with Gasteiger partial charge in [-0.1, -0.05) is 48.6 Å². The van der Waals surface area contributed by atoms with Gasteiger partial charge in [-0.2, -0.15) is 0 Å². The minimum absolute atomic E-state index is 0.606. The van der Waals surface area contributed by atoms with E-state index < -0.39 is 0 Å². The second kappa shape index (κ2) is 3.74. The standard InChI is InChI=1S/C14H12S/c1-3-7-13-11(5-1)9-10-12-6-2-4-8-14(12)15-13/h1-7,9-10,14H,8H2. The van der Waals surface area contributed by atoms with Crippen molar-refractivity contribution in [3.05, 3.63) is 59.7 Å². The maximum Gasteiger partial charge on any atom is 0.0379 e. The zero-order valence-corrected chi connectivity index (χ0v) is 9.21. The number of allylic oxidation sites excluding steroid dienone is 4. The second-order valence-electron chi connectivity index (χ2n) is 3.81. The van der Waals surface area contributed by atoms with Gasteiger partial charge in [-0.25, -0.2) is 0 Å². The SMILES string of the molecule is C1=CCC2Sc3ccccc3C=CC2=C1. The molecule has 1 aromatic carbocycles. The molecule has 1 aliphatic carbocycles. The van der Waals surface area contributed by atoms with Crippen molar-refractivity contribution in [2.75, 3.05) is 0 Å². The van der Waals surface area contributed by atoms with Crippen LogP contribution in [0.5, 0.6) is 0 Å². The first-order valence-corrected chi connectivity index (χ1v) is 6.12. The summed E-state index contributed by atoms with van der Waals surface area (Å²) in [4.78, 5) is 1.40. The summed E-state index contributed by atoms with van der Waals surface area (Å²) in [6, 6.07) is 8.62. The molecule has 0 spiro atoms. The molecular formula is C14H12S. The minimum Gasteiger partial charge on any atom is -0.117 e. The van der Waals surface area contributed by atoms with Gasteiger partial charge in [0, 0.05) is 10.1 Å². The summed E-state index contributed by atoms with van der Waals surface area (Å²) < 4.78 is 0. The van der Waals surface area contributed by atoms with E-state index in [1.54, 1.807) is 0 Å². The molecule has 74 valence electrons. The van der Waals surface area contributed by atoms with E-state index in [1.807, 2.05) is 11.8 Å². The van der Waals surface area contributed by atoms with E-state index in [4.69, 9.17) is 0 Å². The van der Waals surface area contributed by atoms with Crippen LogP contribution in [0.4, 0.5) is 0 Å². The molecule has 0 amide bonds. The van der Waals surface area contributed by atoms with Crippen LogP contribution >= 0.6 is 11.8 Å². The maximum atomic E-state index is 2.26. The molecule has 1 heteroatoms. The third-order valence-corrected chi connectivity index (χ3v) is 4.17. The van der Waals surface area contributed by atoms with Gasteiger partial charge in [0.2, 0.25) is 0 Å². The van der Waals surface area contributed by atoms with Gasteiger partial charge in [-0.05, 0) is 23.6 Å². The normalized spacial score (nSPS) is 22.7. The molecule has 0 radical (unpaired) electrons. The fourth-order valence-corrected chi connectivity index (χ4v) is 3.20. The largest absolute Gasteiger partial charge is 0.117 e. The molecule has 1 unspecified atom stereocenters. The van der Waals surface area contributed by atoms with Crippen LogP contribution in [0.15, 0.2) is 59.0 Å². The van der Waals surface area contributed by atoms with Crippen molar-refractivity contribution in [2.24, 2.45) is 0 Å². The number of hydrogen-bond donors (Lipinski definition) is 0. The number of benzene rings is 1. The first kappa shape index (κ1) is 9.05. The fraction of sp³-hybridized carbons (Fsp3) is 0.143. The van der Waals surface area contributed by atoms with Gasteiger partial charge in [0.1, 0.15) is 0 Å². The first-order chi connectivity index (χ1) is 7.43. The van der Waals surface area contributed by atoms with Crippen molar-refractivity contribution in [3.63, 3.8) is 0 Å². The lowest BCUT2D eigenvalue weighted by Crippen LogP contribution is -2.05. The molecule has 0 saturated heterocycles. The van der Waals surface area contributed by atoms with E-state index in [0.717, 1.165) is 6.42 Å². The summed E-state index contributed by atoms with van der Waals surface area (Å²) in [7, 11) is 0. The molecule has 1 heterocycles. The Morgan fingerprint density at radius 3 is 3.07 bits per heavy atom. The first-order valence-electron chi connectivity index (χ1n) is 5.24. The molecule has 0 nitrogen and oxygen atoms in total. The van der Waals surface area contributed by atoms with Crippen LogP contribution in [0.1, 0.15) is 12.0 Å². The Morgan fingerprint density at radius 1 is 1.13 bits per heavy atom. The van der Waals surface area contributed by atoms with E-state index >= 15 is 0 Å². The number of thioether (sulfide) groups is 1. The summed E-state index contributed by atoms with van der Waals surface area (Å²) in [6.45, 7) is 0. The highest BCUT2D eigenvalue weighted by Gasteiger charge is 2.18. The van der Waals surface area contributed by atoms with Gasteiger partial charge in [0.15, 0.2) is 0 Å². The summed E-state index contributed by atoms with van der Waals surface area (Å²) in [6.07, 6.45) is 12.3. The van der Waals surface area contributed by atoms with Gasteiger partial charge in [-0.3, -0.25) is 0 Å². The summed E-state index contributed by atoms with van der Waals surface area (Å²) in [5.74, 6) is 0. The van der Waals surface area contributed by atoms with Crippen molar-refractivity contribution < 1.29 is 0 Å². The summed E-state index contributed by atoms with van der Waals surface area (Å²) in [5, 5.41) is 0.606. The van der Waals surface area contributed by atoms with Gasteiger partial charge in [0.25, 0.3) is 0 Å². The Labute approximate surface area is 94.4 Å². The lowest BCUT2D eigenvalue weighted by Gasteiger charge is -2.17. The Morgan fingerprint density at radius 2 is 2.07 bits per heavy atom. The molecule has 3 rings (SSSR count). The average molecular weight is 212 g/mol. The molecule has 1 aliphatic heterocycles. The highest BCUT2D eigenvalue weighted by atomic mass is 32.2. The minimum atomic E-state index is 0.606. The Hall–Kier alpha value is -1.21. The third-order valence-electron chi connectivity index (χ3n) is 2.79. The van der Waals surface area contributed by atoms with Crippen LogP contribution in [0.3, 0.4) is 0 Å². The Balaban J connectivity index is 2.06. The molecule has 1 atom stereocenters. The fourth-order valence-electron chi connectivity index (χ4n) is 1.97. The van der Waals surface area contributed by atoms with Crippen molar-refractivity contribution in [2.45, 2.75) is 16.6 Å². The van der Waals surface area contributed by atoms with Crippen LogP contribution < -0.4 is 0 Å². The molecular weight excluding hydrogens is 200 g/mol. The van der Waals surface area contributed by atoms with Gasteiger partial charge < -0.3 is 0 Å². The summed E-state index contributed by atoms with van der Waals surface area (Å²) >= 11 is 1.98. The zero-order valence-electron chi connectivity index (χ0n) is 8.39. The molecule has 2 aliphatic rings. The van der Waals surface area contributed by atoms with Crippen LogP contribution in [0, 0.1) is 0 Å². The van der Waals surface area contributed by atoms with E-state index in [0.29, 0.717) is 5.25 Å². The average Bonchev–Trinajstić information content (AvgIpc) is 2.48. The Bertz CT molecular complexity index is 466. The molecule has 0 fully saturated rings. The molecule has 1 aromatic rings. The van der Waals surface area contributed by atoms with E-state index in [-0.39, 0.29) is 0 Å². The maximum absolute atomic E-state index is 2.26. The number of rotatable bonds is 0. The van der Waals surface area contributed by atoms with E-state index in [2.05, 4.69) is 54.6 Å². The van der Waals surface area contributed by atoms with E-state index in [9.17, 15) is 0 Å². The second-order valence-corrected chi connectivity index (χ2v) is 5.05. The van der Waals surface area contributed by atoms with Gasteiger partial charge >= 0.3 is 0 Å². The third kappa shape index (κ3) is 1.68. The van der Waals surface area contributed by atoms with Crippen molar-refractivity contribution >= 4 is 17.8 Å². The topological polar surface area (TPSA) is 0 Å². The smallest absolute Gasteiger partial charge is 0.0379 e. The van der Waals surface area contributed by atoms with Crippen LogP contribution in [-0.4, -0.2) is 5.25 Å². The molecule has 0 saturated carbocycles. The number of fused-ring (bicyclic) bond motifs is 2. The van der Waals surface area contributed by atoms with Crippen LogP contribution in [0.2, 0.25) is 0 Å². The molecule has 0 N–H and O–H groups in total. The predicted octanol–water partition coefficient (Wildman–Crippen LogP) is 4.06. The van der Waals surface area contributed by atoms with Crippen molar-refractivity contribution in [1.29, 1.82) is 0 Å². The summed E-state index contributed by atoms with van der Waals surface area (Å²) in [5.41, 5.74) is 2.79. The van der Waals surface area contributed by atoms with Crippen LogP contribution in [-0.2, 0) is 0 Å². The van der Waals surface area contributed by atoms with Gasteiger partial charge in [-0.15, -0.1) is 11.8 Å². The molecule has 0 aromatic heterocycles. The lowest BCUT2D eigenvalue weighted by atomic mass is 10.0. The van der Waals surface area contributed by atoms with Crippen LogP contribution in [0.25, 0.3) is 6.08 Å². The monoisotopic (exact) mass is 212 g/mol. The number of hydrogen-bond acceptors (Lipinski definition) is 1.